The lowest BCUT2D eigenvalue weighted by Gasteiger charge is -2.32. The number of phenols is 1. The van der Waals surface area contributed by atoms with Crippen LogP contribution in [0.3, 0.4) is 0 Å². The van der Waals surface area contributed by atoms with Crippen LogP contribution < -0.4 is 10.2 Å². The Hall–Kier alpha value is -2.86. The molecule has 3 N–H and O–H groups in total. The van der Waals surface area contributed by atoms with Crippen LogP contribution in [-0.4, -0.2) is 72.0 Å². The van der Waals surface area contributed by atoms with Crippen molar-refractivity contribution in [3.05, 3.63) is 23.3 Å². The molecule has 0 aromatic heterocycles. The normalized spacial score (nSPS) is 17.8. The highest BCUT2D eigenvalue weighted by molar-refractivity contribution is 6.05. The van der Waals surface area contributed by atoms with Crippen LogP contribution in [0.5, 0.6) is 5.75 Å². The number of carbonyl (C=O) groups is 3. The maximum Gasteiger partial charge on any atom is 0.490 e. The molecule has 0 radical (unpaired) electrons. The highest BCUT2D eigenvalue weighted by atomic mass is 19.4. The van der Waals surface area contributed by atoms with E-state index in [1.807, 2.05) is 32.9 Å². The molecule has 2 heterocycles. The van der Waals surface area contributed by atoms with Gasteiger partial charge in [-0.3, -0.25) is 19.9 Å². The summed E-state index contributed by atoms with van der Waals surface area (Å²) in [5.41, 5.74) is 2.02. The highest BCUT2D eigenvalue weighted by Crippen LogP contribution is 2.38. The number of aliphatic carboxylic acids is 1. The quantitative estimate of drug-likeness (QED) is 0.615. The molecule has 0 aliphatic carbocycles. The van der Waals surface area contributed by atoms with Crippen LogP contribution in [0.4, 0.5) is 23.7 Å². The number of morpholine rings is 1. The number of rotatable bonds is 3. The van der Waals surface area contributed by atoms with E-state index in [2.05, 4.69) is 10.2 Å². The maximum atomic E-state index is 12.3. The van der Waals surface area contributed by atoms with Crippen molar-refractivity contribution < 1.29 is 42.5 Å². The SMILES string of the molecule is CC(C)(C)c1cc(N2CCC(=O)NC2=O)cc(CN2CCOCC2)c1O.O=C(O)C(F)(F)F. The molecule has 0 saturated carbocycles. The topological polar surface area (TPSA) is 119 Å². The number of hydrogen-bond donors (Lipinski definition) is 3. The van der Waals surface area contributed by atoms with E-state index in [0.717, 1.165) is 24.2 Å². The molecule has 0 bridgehead atoms. The molecule has 12 heteroatoms. The molecule has 1 aromatic carbocycles. The molecule has 0 spiro atoms. The number of aromatic hydroxyl groups is 1. The third-order valence-electron chi connectivity index (χ3n) is 5.09. The van der Waals surface area contributed by atoms with E-state index in [1.165, 1.54) is 0 Å². The number of ether oxygens (including phenoxy) is 1. The molecule has 2 fully saturated rings. The third-order valence-corrected chi connectivity index (χ3v) is 5.09. The summed E-state index contributed by atoms with van der Waals surface area (Å²) >= 11 is 0. The summed E-state index contributed by atoms with van der Waals surface area (Å²) in [4.78, 5) is 36.4. The first-order valence-corrected chi connectivity index (χ1v) is 10.3. The number of phenolic OH excluding ortho intramolecular Hbond substituents is 1. The van der Waals surface area contributed by atoms with Crippen molar-refractivity contribution in [3.8, 4) is 5.75 Å². The Bertz CT molecular complexity index is 892. The zero-order valence-electron chi connectivity index (χ0n) is 18.7. The molecule has 9 nitrogen and oxygen atoms in total. The van der Waals surface area contributed by atoms with Crippen LogP contribution in [0.1, 0.15) is 38.3 Å². The zero-order chi connectivity index (χ0) is 25.0. The average Bonchev–Trinajstić information content (AvgIpc) is 2.69. The maximum absolute atomic E-state index is 12.3. The Morgan fingerprint density at radius 2 is 1.70 bits per heavy atom. The molecule has 2 saturated heterocycles. The molecule has 3 amide bonds. The van der Waals surface area contributed by atoms with Crippen LogP contribution in [0.25, 0.3) is 0 Å². The van der Waals surface area contributed by atoms with Gasteiger partial charge in [-0.15, -0.1) is 0 Å². The average molecular weight is 475 g/mol. The fourth-order valence-electron chi connectivity index (χ4n) is 3.34. The number of hydrogen-bond acceptors (Lipinski definition) is 6. The Labute approximate surface area is 189 Å². The second-order valence-electron chi connectivity index (χ2n) is 8.70. The van der Waals surface area contributed by atoms with Gasteiger partial charge < -0.3 is 14.9 Å². The number of urea groups is 1. The Morgan fingerprint density at radius 3 is 2.18 bits per heavy atom. The molecule has 1 aromatic rings. The fourth-order valence-corrected chi connectivity index (χ4v) is 3.34. The van der Waals surface area contributed by atoms with E-state index in [-0.39, 0.29) is 23.5 Å². The van der Waals surface area contributed by atoms with E-state index in [9.17, 15) is 27.9 Å². The number of carbonyl (C=O) groups excluding carboxylic acids is 2. The number of nitrogens with zero attached hydrogens (tertiary/aromatic N) is 2. The van der Waals surface area contributed by atoms with Gasteiger partial charge in [-0.05, 0) is 17.5 Å². The summed E-state index contributed by atoms with van der Waals surface area (Å²) in [6, 6.07) is 3.30. The van der Waals surface area contributed by atoms with Crippen molar-refractivity contribution in [1.82, 2.24) is 10.2 Å². The summed E-state index contributed by atoms with van der Waals surface area (Å²) in [5.74, 6) is -2.73. The second-order valence-corrected chi connectivity index (χ2v) is 8.70. The number of nitrogens with one attached hydrogen (secondary N) is 1. The van der Waals surface area contributed by atoms with Crippen molar-refractivity contribution in [2.75, 3.05) is 37.7 Å². The van der Waals surface area contributed by atoms with Crippen LogP contribution in [0.2, 0.25) is 0 Å². The number of carboxylic acids is 1. The van der Waals surface area contributed by atoms with E-state index >= 15 is 0 Å². The van der Waals surface area contributed by atoms with Crippen LogP contribution in [0.15, 0.2) is 12.1 Å². The van der Waals surface area contributed by atoms with Crippen LogP contribution in [-0.2, 0) is 26.3 Å². The van der Waals surface area contributed by atoms with Crippen molar-refractivity contribution in [2.24, 2.45) is 0 Å². The van der Waals surface area contributed by atoms with Crippen LogP contribution >= 0.6 is 0 Å². The summed E-state index contributed by atoms with van der Waals surface area (Å²) in [7, 11) is 0. The number of benzene rings is 1. The Balaban J connectivity index is 0.000000479. The number of amides is 3. The standard InChI is InChI=1S/C19H27N3O4.C2HF3O2/c1-19(2,3)15-11-14(22-5-4-16(23)20-18(22)25)10-13(17(15)24)12-21-6-8-26-9-7-21;3-2(4,5)1(6)7/h10-11,24H,4-9,12H2,1-3H3,(H,20,23,25);(H,6,7). The van der Waals surface area contributed by atoms with E-state index in [0.29, 0.717) is 32.0 Å². The van der Waals surface area contributed by atoms with E-state index in [1.54, 1.807) is 4.90 Å². The zero-order valence-corrected chi connectivity index (χ0v) is 18.7. The molecule has 2 aliphatic rings. The van der Waals surface area contributed by atoms with Gasteiger partial charge in [0.1, 0.15) is 5.75 Å². The molecule has 2 aliphatic heterocycles. The minimum Gasteiger partial charge on any atom is -0.507 e. The number of anilines is 1. The minimum atomic E-state index is -5.08. The van der Waals surface area contributed by atoms with Crippen molar-refractivity contribution in [2.45, 2.75) is 45.3 Å². The first-order chi connectivity index (χ1) is 15.2. The minimum absolute atomic E-state index is 0.255. The summed E-state index contributed by atoms with van der Waals surface area (Å²) < 4.78 is 37.1. The van der Waals surface area contributed by atoms with Gasteiger partial charge in [0.15, 0.2) is 0 Å². The molecule has 184 valence electrons. The van der Waals surface area contributed by atoms with Crippen molar-refractivity contribution >= 4 is 23.6 Å². The van der Waals surface area contributed by atoms with Gasteiger partial charge in [0.25, 0.3) is 0 Å². The molecule has 3 rings (SSSR count). The molecular weight excluding hydrogens is 447 g/mol. The lowest BCUT2D eigenvalue weighted by molar-refractivity contribution is -0.192. The summed E-state index contributed by atoms with van der Waals surface area (Å²) in [6.45, 7) is 10.0. The van der Waals surface area contributed by atoms with Gasteiger partial charge in [0, 0.05) is 49.4 Å². The van der Waals surface area contributed by atoms with E-state index in [4.69, 9.17) is 14.6 Å². The fraction of sp³-hybridized carbons (Fsp3) is 0.571. The first-order valence-electron chi connectivity index (χ1n) is 10.3. The molecular formula is C21H28F3N3O6. The first kappa shape index (κ1) is 26.4. The monoisotopic (exact) mass is 475 g/mol. The van der Waals surface area contributed by atoms with Gasteiger partial charge in [-0.25, -0.2) is 9.59 Å². The van der Waals surface area contributed by atoms with Gasteiger partial charge in [-0.2, -0.15) is 13.2 Å². The molecule has 0 atom stereocenters. The summed E-state index contributed by atoms with van der Waals surface area (Å²) in [6.07, 6.45) is -4.81. The van der Waals surface area contributed by atoms with Gasteiger partial charge in [0.2, 0.25) is 5.91 Å². The summed E-state index contributed by atoms with van der Waals surface area (Å²) in [5, 5.41) is 20.3. The Kier molecular flexibility index (Phi) is 8.30. The van der Waals surface area contributed by atoms with E-state index < -0.39 is 18.2 Å². The lowest BCUT2D eigenvalue weighted by atomic mass is 9.84. The predicted octanol–water partition coefficient (Wildman–Crippen LogP) is 2.60. The van der Waals surface area contributed by atoms with Gasteiger partial charge in [0.05, 0.1) is 13.2 Å². The number of imide groups is 1. The number of halogens is 3. The number of alkyl halides is 3. The molecule has 33 heavy (non-hydrogen) atoms. The predicted molar refractivity (Wildman–Crippen MR) is 112 cm³/mol. The smallest absolute Gasteiger partial charge is 0.490 e. The largest absolute Gasteiger partial charge is 0.507 e. The van der Waals surface area contributed by atoms with Crippen LogP contribution in [0, 0.1) is 0 Å². The Morgan fingerprint density at radius 1 is 1.12 bits per heavy atom. The number of carboxylic acid groups (broad SMARTS) is 1. The molecule has 0 unspecified atom stereocenters. The second kappa shape index (κ2) is 10.4. The van der Waals surface area contributed by atoms with Gasteiger partial charge in [-0.1, -0.05) is 20.8 Å². The van der Waals surface area contributed by atoms with Gasteiger partial charge >= 0.3 is 18.2 Å². The van der Waals surface area contributed by atoms with Crippen molar-refractivity contribution in [1.29, 1.82) is 0 Å². The lowest BCUT2D eigenvalue weighted by Crippen LogP contribution is -2.49. The van der Waals surface area contributed by atoms with Crippen molar-refractivity contribution in [3.63, 3.8) is 0 Å². The highest BCUT2D eigenvalue weighted by Gasteiger charge is 2.38. The third kappa shape index (κ3) is 7.32.